The summed E-state index contributed by atoms with van der Waals surface area (Å²) in [6, 6.07) is 12.3. The van der Waals surface area contributed by atoms with Gasteiger partial charge >= 0.3 is 0 Å². The molecule has 0 bridgehead atoms. The molecule has 1 fully saturated rings. The van der Waals surface area contributed by atoms with Crippen LogP contribution in [0.4, 0.5) is 5.00 Å². The maximum absolute atomic E-state index is 12.5. The number of Topliss-reactive ketones (excluding diaryl/α,β-unsaturated/α-hetero) is 1. The van der Waals surface area contributed by atoms with Crippen molar-refractivity contribution < 1.29 is 9.90 Å². The van der Waals surface area contributed by atoms with Gasteiger partial charge in [0.15, 0.2) is 5.78 Å². The van der Waals surface area contributed by atoms with Gasteiger partial charge in [0.25, 0.3) is 0 Å². The van der Waals surface area contributed by atoms with Gasteiger partial charge in [0, 0.05) is 17.8 Å². The highest BCUT2D eigenvalue weighted by atomic mass is 32.1. The number of hydrogen-bond donors (Lipinski definition) is 1. The third kappa shape index (κ3) is 4.18. The summed E-state index contributed by atoms with van der Waals surface area (Å²) in [6.07, 6.45) is 5.40. The third-order valence-corrected chi connectivity index (χ3v) is 6.45. The Morgan fingerprint density at radius 2 is 1.92 bits per heavy atom. The smallest absolute Gasteiger partial charge is 0.161 e. The molecule has 4 heteroatoms. The van der Waals surface area contributed by atoms with Crippen molar-refractivity contribution in [3.63, 3.8) is 0 Å². The van der Waals surface area contributed by atoms with E-state index >= 15 is 0 Å². The molecule has 2 heterocycles. The fourth-order valence-corrected chi connectivity index (χ4v) is 4.70. The quantitative estimate of drug-likeness (QED) is 0.628. The molecular formula is C22H29NO2S. The molecule has 1 saturated heterocycles. The monoisotopic (exact) mass is 371 g/mol. The van der Waals surface area contributed by atoms with E-state index < -0.39 is 0 Å². The summed E-state index contributed by atoms with van der Waals surface area (Å²) in [5, 5.41) is 11.5. The molecule has 1 aliphatic rings. The van der Waals surface area contributed by atoms with E-state index in [4.69, 9.17) is 0 Å². The number of nitrogens with zero attached hydrogens (tertiary/aromatic N) is 1. The first-order valence-corrected chi connectivity index (χ1v) is 10.6. The number of benzene rings is 1. The molecule has 0 saturated carbocycles. The first-order chi connectivity index (χ1) is 12.6. The van der Waals surface area contributed by atoms with Gasteiger partial charge in [-0.2, -0.15) is 0 Å². The second-order valence-corrected chi connectivity index (χ2v) is 8.19. The molecule has 2 aromatic rings. The van der Waals surface area contributed by atoms with E-state index in [1.807, 2.05) is 6.07 Å². The first kappa shape index (κ1) is 19.1. The number of rotatable bonds is 8. The predicted octanol–water partition coefficient (Wildman–Crippen LogP) is 5.44. The van der Waals surface area contributed by atoms with Gasteiger partial charge in [-0.25, -0.2) is 0 Å². The largest absolute Gasteiger partial charge is 0.388 e. The normalized spacial score (nSPS) is 18.5. The second-order valence-electron chi connectivity index (χ2n) is 7.09. The van der Waals surface area contributed by atoms with Crippen LogP contribution in [0.2, 0.25) is 0 Å². The Morgan fingerprint density at radius 1 is 1.15 bits per heavy atom. The lowest BCUT2D eigenvalue weighted by atomic mass is 10.0. The molecule has 1 aromatic carbocycles. The number of carbonyl (C=O) groups excluding carboxylic acids is 1. The molecule has 2 atom stereocenters. The van der Waals surface area contributed by atoms with Crippen molar-refractivity contribution in [2.24, 2.45) is 0 Å². The fraction of sp³-hybridized carbons (Fsp3) is 0.500. The standard InChI is InChI=1S/C22H29NO2S/c1-3-5-6-7-18(24)20-12-13-21(26-20)23-15-14-19(25)22(23)17-10-8-16(4-2)9-11-17/h8-13,18,22,24H,3-7,14-15H2,1-2H3. The highest BCUT2D eigenvalue weighted by Gasteiger charge is 2.34. The summed E-state index contributed by atoms with van der Waals surface area (Å²) >= 11 is 1.63. The lowest BCUT2D eigenvalue weighted by Gasteiger charge is -2.24. The minimum Gasteiger partial charge on any atom is -0.388 e. The van der Waals surface area contributed by atoms with Crippen molar-refractivity contribution in [2.75, 3.05) is 11.4 Å². The number of carbonyl (C=O) groups is 1. The van der Waals surface area contributed by atoms with Gasteiger partial charge in [0.05, 0.1) is 11.1 Å². The number of unbranched alkanes of at least 4 members (excludes halogenated alkanes) is 2. The Labute approximate surface area is 160 Å². The Hall–Kier alpha value is -1.65. The molecule has 0 radical (unpaired) electrons. The minimum atomic E-state index is -0.388. The number of aryl methyl sites for hydroxylation is 1. The number of aliphatic hydroxyl groups is 1. The van der Waals surface area contributed by atoms with E-state index in [0.717, 1.165) is 54.1 Å². The van der Waals surface area contributed by atoms with Crippen LogP contribution in [0.3, 0.4) is 0 Å². The van der Waals surface area contributed by atoms with E-state index in [1.165, 1.54) is 5.56 Å². The summed E-state index contributed by atoms with van der Waals surface area (Å²) in [5.74, 6) is 0.285. The average Bonchev–Trinajstić information content (AvgIpc) is 3.29. The summed E-state index contributed by atoms with van der Waals surface area (Å²) < 4.78 is 0. The Morgan fingerprint density at radius 3 is 2.62 bits per heavy atom. The molecule has 0 amide bonds. The SMILES string of the molecule is CCCCCC(O)c1ccc(N2CCC(=O)C2c2ccc(CC)cc2)s1. The predicted molar refractivity (Wildman–Crippen MR) is 109 cm³/mol. The number of ketones is 1. The third-order valence-electron chi connectivity index (χ3n) is 5.22. The number of thiophene rings is 1. The van der Waals surface area contributed by atoms with Crippen LogP contribution in [-0.4, -0.2) is 17.4 Å². The van der Waals surface area contributed by atoms with Gasteiger partial charge < -0.3 is 10.0 Å². The van der Waals surface area contributed by atoms with E-state index in [-0.39, 0.29) is 17.9 Å². The van der Waals surface area contributed by atoms with Gasteiger partial charge in [-0.3, -0.25) is 4.79 Å². The molecule has 26 heavy (non-hydrogen) atoms. The Kier molecular flexibility index (Phi) is 6.49. The second kappa shape index (κ2) is 8.83. The van der Waals surface area contributed by atoms with Gasteiger partial charge in [-0.1, -0.05) is 57.4 Å². The number of aliphatic hydroxyl groups excluding tert-OH is 1. The van der Waals surface area contributed by atoms with Crippen molar-refractivity contribution >= 4 is 22.1 Å². The highest BCUT2D eigenvalue weighted by molar-refractivity contribution is 7.16. The highest BCUT2D eigenvalue weighted by Crippen LogP contribution is 2.39. The molecule has 0 aliphatic carbocycles. The van der Waals surface area contributed by atoms with E-state index in [1.54, 1.807) is 11.3 Å². The first-order valence-electron chi connectivity index (χ1n) is 9.80. The van der Waals surface area contributed by atoms with Crippen LogP contribution < -0.4 is 4.90 Å². The van der Waals surface area contributed by atoms with E-state index in [0.29, 0.717) is 6.42 Å². The minimum absolute atomic E-state index is 0.190. The molecule has 0 spiro atoms. The molecule has 1 aromatic heterocycles. The zero-order valence-electron chi connectivity index (χ0n) is 15.8. The summed E-state index contributed by atoms with van der Waals surface area (Å²) in [4.78, 5) is 15.8. The topological polar surface area (TPSA) is 40.5 Å². The molecule has 3 rings (SSSR count). The van der Waals surface area contributed by atoms with Crippen molar-refractivity contribution in [3.8, 4) is 0 Å². The molecule has 140 valence electrons. The van der Waals surface area contributed by atoms with Crippen LogP contribution in [0, 0.1) is 0 Å². The van der Waals surface area contributed by atoms with Gasteiger partial charge in [0.1, 0.15) is 6.04 Å². The van der Waals surface area contributed by atoms with Gasteiger partial charge in [-0.05, 0) is 36.1 Å². The van der Waals surface area contributed by atoms with Crippen molar-refractivity contribution in [2.45, 2.75) is 64.5 Å². The van der Waals surface area contributed by atoms with Crippen LogP contribution in [-0.2, 0) is 11.2 Å². The summed E-state index contributed by atoms with van der Waals surface area (Å²) in [5.41, 5.74) is 2.36. The fourth-order valence-electron chi connectivity index (χ4n) is 3.61. The van der Waals surface area contributed by atoms with Crippen LogP contribution in [0.1, 0.15) is 74.1 Å². The molecule has 1 aliphatic heterocycles. The average molecular weight is 372 g/mol. The lowest BCUT2D eigenvalue weighted by molar-refractivity contribution is -0.118. The van der Waals surface area contributed by atoms with E-state index in [2.05, 4.69) is 49.1 Å². The van der Waals surface area contributed by atoms with Crippen molar-refractivity contribution in [3.05, 3.63) is 52.4 Å². The van der Waals surface area contributed by atoms with Crippen LogP contribution in [0.5, 0.6) is 0 Å². The van der Waals surface area contributed by atoms with Crippen LogP contribution >= 0.6 is 11.3 Å². The Bertz CT molecular complexity index is 722. The Balaban J connectivity index is 1.76. The summed E-state index contributed by atoms with van der Waals surface area (Å²) in [6.45, 7) is 5.07. The molecule has 3 nitrogen and oxygen atoms in total. The van der Waals surface area contributed by atoms with Crippen molar-refractivity contribution in [1.82, 2.24) is 0 Å². The maximum Gasteiger partial charge on any atom is 0.161 e. The zero-order chi connectivity index (χ0) is 18.5. The number of anilines is 1. The van der Waals surface area contributed by atoms with Gasteiger partial charge in [0.2, 0.25) is 0 Å². The molecule has 2 unspecified atom stereocenters. The summed E-state index contributed by atoms with van der Waals surface area (Å²) in [7, 11) is 0. The number of hydrogen-bond acceptors (Lipinski definition) is 4. The van der Waals surface area contributed by atoms with E-state index in [9.17, 15) is 9.90 Å². The van der Waals surface area contributed by atoms with Crippen LogP contribution in [0.25, 0.3) is 0 Å². The molecule has 1 N–H and O–H groups in total. The van der Waals surface area contributed by atoms with Crippen LogP contribution in [0.15, 0.2) is 36.4 Å². The molecular weight excluding hydrogens is 342 g/mol. The van der Waals surface area contributed by atoms with Gasteiger partial charge in [-0.15, -0.1) is 11.3 Å². The zero-order valence-corrected chi connectivity index (χ0v) is 16.6. The maximum atomic E-state index is 12.5. The van der Waals surface area contributed by atoms with Crippen molar-refractivity contribution in [1.29, 1.82) is 0 Å². The lowest BCUT2D eigenvalue weighted by Crippen LogP contribution is -2.24.